The van der Waals surface area contributed by atoms with Crippen LogP contribution in [0.25, 0.3) is 0 Å². The Labute approximate surface area is 189 Å². The normalized spacial score (nSPS) is 20.8. The molecule has 2 aliphatic heterocycles. The number of thioether (sulfide) groups is 2. The van der Waals surface area contributed by atoms with Gasteiger partial charge in [0.25, 0.3) is 11.8 Å². The molecule has 11 nitrogen and oxygen atoms in total. The topological polar surface area (TPSA) is 171 Å². The molecule has 0 bridgehead atoms. The molecule has 3 heterocycles. The highest BCUT2D eigenvalue weighted by Gasteiger charge is 2.54. The van der Waals surface area contributed by atoms with Crippen molar-refractivity contribution in [3.05, 3.63) is 33.2 Å². The quantitative estimate of drug-likeness (QED) is 0.207. The van der Waals surface area contributed by atoms with Gasteiger partial charge >= 0.3 is 5.97 Å². The number of carbonyl (C=O) groups excluding carboxylic acids is 2. The maximum Gasteiger partial charge on any atom is 0.354 e. The first-order valence-electron chi connectivity index (χ1n) is 8.63. The van der Waals surface area contributed by atoms with Crippen LogP contribution in [-0.2, 0) is 19.2 Å². The first-order chi connectivity index (χ1) is 14.9. The van der Waals surface area contributed by atoms with Crippen LogP contribution >= 0.6 is 34.9 Å². The fraction of sp³-hybridized carbons (Fsp3) is 0.294. The summed E-state index contributed by atoms with van der Waals surface area (Å²) in [5, 5.41) is 26.2. The lowest BCUT2D eigenvalue weighted by Gasteiger charge is -2.49. The van der Waals surface area contributed by atoms with E-state index < -0.39 is 29.9 Å². The van der Waals surface area contributed by atoms with E-state index in [1.807, 2.05) is 6.07 Å². The fourth-order valence-electron chi connectivity index (χ4n) is 2.90. The Bertz CT molecular complexity index is 1040. The maximum atomic E-state index is 12.7. The average molecular weight is 481 g/mol. The van der Waals surface area contributed by atoms with Crippen molar-refractivity contribution in [1.29, 1.82) is 5.26 Å². The lowest BCUT2D eigenvalue weighted by atomic mass is 9.95. The number of hydrogen-bond donors (Lipinski definition) is 3. The molecule has 31 heavy (non-hydrogen) atoms. The number of thiazole rings is 1. The third kappa shape index (κ3) is 4.68. The highest BCUT2D eigenvalue weighted by molar-refractivity contribution is 8.22. The number of nitrogen functional groups attached to an aromatic ring is 1. The number of rotatable bonds is 8. The summed E-state index contributed by atoms with van der Waals surface area (Å²) < 4.78 is 0.476. The summed E-state index contributed by atoms with van der Waals surface area (Å²) in [5.74, 6) is -1.65. The van der Waals surface area contributed by atoms with E-state index in [9.17, 15) is 19.5 Å². The number of oxime groups is 1. The van der Waals surface area contributed by atoms with Crippen molar-refractivity contribution >= 4 is 63.5 Å². The van der Waals surface area contributed by atoms with E-state index in [1.54, 1.807) is 6.08 Å². The zero-order chi connectivity index (χ0) is 22.5. The van der Waals surface area contributed by atoms with Gasteiger partial charge in [0, 0.05) is 23.0 Å². The molecular formula is C17H16N6O5S3. The molecule has 1 aromatic heterocycles. The Kier molecular flexibility index (Phi) is 7.21. The van der Waals surface area contributed by atoms with Gasteiger partial charge in [0.05, 0.1) is 16.3 Å². The SMILES string of the molecule is CON=C(C(=O)NC1C(=O)N2C(C(=O)O)=C(SCC=CC#N)SCC12)c1csc(N)n1. The van der Waals surface area contributed by atoms with Crippen LogP contribution in [0.2, 0.25) is 0 Å². The number of nitrogens with one attached hydrogen (secondary N) is 1. The van der Waals surface area contributed by atoms with Crippen LogP contribution in [0.15, 0.2) is 32.6 Å². The number of fused-ring (bicyclic) bond motifs is 1. The number of carboxylic acids is 1. The number of aliphatic carboxylic acids is 1. The maximum absolute atomic E-state index is 12.7. The number of nitrogens with zero attached hydrogens (tertiary/aromatic N) is 4. The zero-order valence-corrected chi connectivity index (χ0v) is 18.4. The Balaban J connectivity index is 1.75. The van der Waals surface area contributed by atoms with Gasteiger partial charge in [-0.15, -0.1) is 34.9 Å². The molecule has 2 unspecified atom stereocenters. The number of nitrogens with two attached hydrogens (primary N) is 1. The summed E-state index contributed by atoms with van der Waals surface area (Å²) in [6, 6.07) is 0.439. The van der Waals surface area contributed by atoms with Crippen molar-refractivity contribution in [2.45, 2.75) is 12.1 Å². The summed E-state index contributed by atoms with van der Waals surface area (Å²) in [6.07, 6.45) is 2.91. The van der Waals surface area contributed by atoms with Crippen molar-refractivity contribution in [3.8, 4) is 6.07 Å². The lowest BCUT2D eigenvalue weighted by Crippen LogP contribution is -2.72. The van der Waals surface area contributed by atoms with Crippen molar-refractivity contribution in [1.82, 2.24) is 15.2 Å². The van der Waals surface area contributed by atoms with Gasteiger partial charge < -0.3 is 21.0 Å². The molecule has 162 valence electrons. The van der Waals surface area contributed by atoms with Gasteiger partial charge in [0.15, 0.2) is 16.5 Å². The van der Waals surface area contributed by atoms with E-state index in [-0.39, 0.29) is 22.2 Å². The summed E-state index contributed by atoms with van der Waals surface area (Å²) in [4.78, 5) is 47.1. The molecule has 0 spiro atoms. The number of anilines is 1. The van der Waals surface area contributed by atoms with Gasteiger partial charge in [-0.25, -0.2) is 9.78 Å². The number of β-lactam (4-membered cyclic amide) rings is 1. The fourth-order valence-corrected chi connectivity index (χ4v) is 5.85. The van der Waals surface area contributed by atoms with Crippen LogP contribution in [0.1, 0.15) is 5.69 Å². The number of allylic oxidation sites excluding steroid dienone is 1. The van der Waals surface area contributed by atoms with Crippen molar-refractivity contribution in [3.63, 3.8) is 0 Å². The van der Waals surface area contributed by atoms with E-state index in [2.05, 4.69) is 15.5 Å². The molecule has 0 radical (unpaired) electrons. The van der Waals surface area contributed by atoms with Crippen molar-refractivity contribution in [2.75, 3.05) is 24.3 Å². The summed E-state index contributed by atoms with van der Waals surface area (Å²) in [6.45, 7) is 0. The predicted octanol–water partition coefficient (Wildman–Crippen LogP) is 0.585. The van der Waals surface area contributed by atoms with E-state index in [0.717, 1.165) is 11.3 Å². The number of carboxylic acid groups (broad SMARTS) is 1. The second-order valence-electron chi connectivity index (χ2n) is 6.01. The molecule has 4 N–H and O–H groups in total. The van der Waals surface area contributed by atoms with Crippen molar-refractivity contribution in [2.24, 2.45) is 5.16 Å². The Morgan fingerprint density at radius 2 is 2.39 bits per heavy atom. The molecule has 1 saturated heterocycles. The second kappa shape index (κ2) is 9.86. The highest BCUT2D eigenvalue weighted by atomic mass is 32.2. The van der Waals surface area contributed by atoms with Gasteiger partial charge in [-0.2, -0.15) is 5.26 Å². The van der Waals surface area contributed by atoms with E-state index in [1.165, 1.54) is 47.0 Å². The van der Waals surface area contributed by atoms with Crippen LogP contribution in [0.5, 0.6) is 0 Å². The smallest absolute Gasteiger partial charge is 0.354 e. The molecule has 0 aliphatic carbocycles. The molecule has 2 aliphatic rings. The summed E-state index contributed by atoms with van der Waals surface area (Å²) in [5.41, 5.74) is 5.55. The third-order valence-corrected chi connectivity index (χ3v) is 7.35. The Hall–Kier alpha value is -3.02. The molecule has 3 rings (SSSR count). The van der Waals surface area contributed by atoms with E-state index in [0.29, 0.717) is 15.7 Å². The zero-order valence-electron chi connectivity index (χ0n) is 16.0. The standard InChI is InChI=1S/C17H16N6O5S3/c1-28-22-10(8-6-31-17(19)20-8)13(24)21-11-9-7-30-16(29-5-3-2-4-18)12(15(26)27)23(9)14(11)25/h2-3,6,9,11H,5,7H2,1H3,(H2,19,20)(H,21,24)(H,26,27). The largest absolute Gasteiger partial charge is 0.477 e. The number of aromatic nitrogens is 1. The monoisotopic (exact) mass is 480 g/mol. The molecule has 1 aromatic rings. The second-order valence-corrected chi connectivity index (χ2v) is 9.22. The molecule has 2 atom stereocenters. The highest BCUT2D eigenvalue weighted by Crippen LogP contribution is 2.43. The van der Waals surface area contributed by atoms with Gasteiger partial charge in [0.2, 0.25) is 0 Å². The van der Waals surface area contributed by atoms with Gasteiger partial charge in [0.1, 0.15) is 18.8 Å². The Morgan fingerprint density at radius 3 is 3.00 bits per heavy atom. The minimum atomic E-state index is -1.23. The predicted molar refractivity (Wildman–Crippen MR) is 117 cm³/mol. The molecule has 14 heteroatoms. The van der Waals surface area contributed by atoms with Gasteiger partial charge in [-0.3, -0.25) is 14.5 Å². The molecular weight excluding hydrogens is 464 g/mol. The first kappa shape index (κ1) is 22.7. The van der Waals surface area contributed by atoms with Crippen LogP contribution in [0.3, 0.4) is 0 Å². The minimum absolute atomic E-state index is 0.120. The summed E-state index contributed by atoms with van der Waals surface area (Å²) >= 11 is 3.64. The first-order valence-corrected chi connectivity index (χ1v) is 11.5. The summed E-state index contributed by atoms with van der Waals surface area (Å²) in [7, 11) is 1.27. The molecule has 0 saturated carbocycles. The van der Waals surface area contributed by atoms with Crippen LogP contribution in [-0.4, -0.2) is 69.2 Å². The number of amides is 2. The van der Waals surface area contributed by atoms with Gasteiger partial charge in [-0.1, -0.05) is 11.2 Å². The number of nitriles is 1. The number of carbonyl (C=O) groups is 3. The van der Waals surface area contributed by atoms with Crippen LogP contribution < -0.4 is 11.1 Å². The van der Waals surface area contributed by atoms with E-state index in [4.69, 9.17) is 15.8 Å². The molecule has 0 aromatic carbocycles. The molecule has 2 amide bonds. The number of hydrogen-bond acceptors (Lipinski definition) is 11. The van der Waals surface area contributed by atoms with E-state index >= 15 is 0 Å². The van der Waals surface area contributed by atoms with Crippen molar-refractivity contribution < 1.29 is 24.3 Å². The molecule has 1 fully saturated rings. The van der Waals surface area contributed by atoms with Crippen LogP contribution in [0.4, 0.5) is 5.13 Å². The lowest BCUT2D eigenvalue weighted by molar-refractivity contribution is -0.153. The van der Waals surface area contributed by atoms with Crippen LogP contribution in [0, 0.1) is 11.3 Å². The Morgan fingerprint density at radius 1 is 1.61 bits per heavy atom. The minimum Gasteiger partial charge on any atom is -0.477 e. The van der Waals surface area contributed by atoms with Gasteiger partial charge in [-0.05, 0) is 0 Å². The average Bonchev–Trinajstić information content (AvgIpc) is 3.18. The third-order valence-electron chi connectivity index (χ3n) is 4.19.